The maximum absolute atomic E-state index is 11.2. The van der Waals surface area contributed by atoms with Crippen LogP contribution in [0.15, 0.2) is 18.0 Å². The number of nitrogens with zero attached hydrogens (tertiary/aromatic N) is 4. The summed E-state index contributed by atoms with van der Waals surface area (Å²) in [5.41, 5.74) is 4.14. The number of nitrogens with one attached hydrogen (secondary N) is 1. The maximum atomic E-state index is 11.2. The van der Waals surface area contributed by atoms with Crippen LogP contribution in [0.2, 0.25) is 0 Å². The van der Waals surface area contributed by atoms with Crippen LogP contribution >= 0.6 is 11.3 Å². The Labute approximate surface area is 140 Å². The highest BCUT2D eigenvalue weighted by molar-refractivity contribution is 7.88. The van der Waals surface area contributed by atoms with Gasteiger partial charge in [0.1, 0.15) is 0 Å². The SMILES string of the molecule is Cc1ncsc1CN1Cc2cncn2[C@H](CCNS(C)(=O)=O)C1. The van der Waals surface area contributed by atoms with Crippen molar-refractivity contribution in [2.24, 2.45) is 0 Å². The highest BCUT2D eigenvalue weighted by Gasteiger charge is 2.25. The molecule has 2 aromatic rings. The van der Waals surface area contributed by atoms with Crippen molar-refractivity contribution in [2.45, 2.75) is 32.5 Å². The third-order valence-corrected chi connectivity index (χ3v) is 5.70. The molecule has 0 amide bonds. The molecule has 7 nitrogen and oxygen atoms in total. The fraction of sp³-hybridized carbons (Fsp3) is 0.571. The van der Waals surface area contributed by atoms with Crippen molar-refractivity contribution in [3.05, 3.63) is 34.3 Å². The average Bonchev–Trinajstić information content (AvgIpc) is 3.07. The molecule has 1 N–H and O–H groups in total. The van der Waals surface area contributed by atoms with Gasteiger partial charge in [-0.2, -0.15) is 0 Å². The molecule has 0 bridgehead atoms. The first-order chi connectivity index (χ1) is 10.9. The van der Waals surface area contributed by atoms with Gasteiger partial charge in [0.05, 0.1) is 29.5 Å². The lowest BCUT2D eigenvalue weighted by atomic mass is 10.1. The van der Waals surface area contributed by atoms with Crippen LogP contribution in [0.1, 0.15) is 28.7 Å². The molecule has 3 heterocycles. The molecule has 126 valence electrons. The van der Waals surface area contributed by atoms with Crippen LogP contribution in [-0.4, -0.2) is 47.2 Å². The smallest absolute Gasteiger partial charge is 0.208 e. The van der Waals surface area contributed by atoms with Crippen LogP contribution in [0.25, 0.3) is 0 Å². The Bertz CT molecular complexity index is 768. The van der Waals surface area contributed by atoms with Gasteiger partial charge < -0.3 is 4.57 Å². The number of imidazole rings is 1. The predicted octanol–water partition coefficient (Wildman–Crippen LogP) is 1.14. The topological polar surface area (TPSA) is 80.1 Å². The summed E-state index contributed by atoms with van der Waals surface area (Å²) in [5, 5.41) is 0. The van der Waals surface area contributed by atoms with E-state index in [0.717, 1.165) is 31.7 Å². The van der Waals surface area contributed by atoms with E-state index in [4.69, 9.17) is 0 Å². The van der Waals surface area contributed by atoms with E-state index in [1.807, 2.05) is 25.0 Å². The summed E-state index contributed by atoms with van der Waals surface area (Å²) in [6, 6.07) is 0.226. The van der Waals surface area contributed by atoms with Crippen molar-refractivity contribution in [3.63, 3.8) is 0 Å². The van der Waals surface area contributed by atoms with Crippen molar-refractivity contribution in [2.75, 3.05) is 19.3 Å². The number of sulfonamides is 1. The minimum atomic E-state index is -3.14. The predicted molar refractivity (Wildman–Crippen MR) is 89.7 cm³/mol. The van der Waals surface area contributed by atoms with Crippen molar-refractivity contribution in [1.82, 2.24) is 24.2 Å². The molecule has 1 aliphatic heterocycles. The van der Waals surface area contributed by atoms with Crippen LogP contribution < -0.4 is 4.72 Å². The summed E-state index contributed by atoms with van der Waals surface area (Å²) in [5.74, 6) is 0. The summed E-state index contributed by atoms with van der Waals surface area (Å²) in [6.45, 7) is 5.08. The number of aromatic nitrogens is 3. The Morgan fingerprint density at radius 1 is 1.48 bits per heavy atom. The zero-order valence-electron chi connectivity index (χ0n) is 13.3. The molecular weight excluding hydrogens is 334 g/mol. The minimum Gasteiger partial charge on any atom is -0.329 e. The van der Waals surface area contributed by atoms with Crippen molar-refractivity contribution in [3.8, 4) is 0 Å². The molecular formula is C14H21N5O2S2. The van der Waals surface area contributed by atoms with Crippen LogP contribution in [0.4, 0.5) is 0 Å². The Morgan fingerprint density at radius 3 is 3.00 bits per heavy atom. The lowest BCUT2D eigenvalue weighted by Gasteiger charge is -2.34. The van der Waals surface area contributed by atoms with E-state index in [0.29, 0.717) is 6.54 Å². The summed E-state index contributed by atoms with van der Waals surface area (Å²) in [6.07, 6.45) is 5.67. The molecule has 0 saturated carbocycles. The molecule has 3 rings (SSSR count). The molecule has 0 saturated heterocycles. The first-order valence-electron chi connectivity index (χ1n) is 7.49. The molecule has 1 atom stereocenters. The summed E-state index contributed by atoms with van der Waals surface area (Å²) in [7, 11) is -3.14. The van der Waals surface area contributed by atoms with Gasteiger partial charge in [-0.3, -0.25) is 4.90 Å². The molecule has 0 radical (unpaired) electrons. The number of hydrogen-bond donors (Lipinski definition) is 1. The molecule has 1 aliphatic rings. The highest BCUT2D eigenvalue weighted by atomic mass is 32.2. The standard InChI is InChI=1S/C14H21N5O2S2/c1-11-14(22-10-16-11)8-18-6-12(3-4-17-23(2,20)21)19-9-15-5-13(19)7-18/h5,9-10,12,17H,3-4,6-8H2,1-2H3/t12-/m1/s1. The van der Waals surface area contributed by atoms with Gasteiger partial charge in [0.25, 0.3) is 0 Å². The van der Waals surface area contributed by atoms with Gasteiger partial charge in [0, 0.05) is 43.3 Å². The zero-order valence-corrected chi connectivity index (χ0v) is 14.9. The number of rotatable bonds is 6. The van der Waals surface area contributed by atoms with E-state index in [1.54, 1.807) is 11.3 Å². The maximum Gasteiger partial charge on any atom is 0.208 e. The Morgan fingerprint density at radius 2 is 2.30 bits per heavy atom. The monoisotopic (exact) mass is 355 g/mol. The van der Waals surface area contributed by atoms with E-state index in [1.165, 1.54) is 16.8 Å². The molecule has 0 aliphatic carbocycles. The highest BCUT2D eigenvalue weighted by Crippen LogP contribution is 2.26. The van der Waals surface area contributed by atoms with Crippen LogP contribution in [0.5, 0.6) is 0 Å². The molecule has 0 spiro atoms. The molecule has 0 unspecified atom stereocenters. The number of thiazole rings is 1. The molecule has 0 aromatic carbocycles. The largest absolute Gasteiger partial charge is 0.329 e. The second-order valence-electron chi connectivity index (χ2n) is 5.93. The van der Waals surface area contributed by atoms with Gasteiger partial charge in [-0.1, -0.05) is 0 Å². The van der Waals surface area contributed by atoms with Gasteiger partial charge in [0.2, 0.25) is 10.0 Å². The Hall–Kier alpha value is -1.29. The molecule has 0 fully saturated rings. The molecule has 9 heteroatoms. The van der Waals surface area contributed by atoms with E-state index in [2.05, 4.69) is 24.2 Å². The second kappa shape index (κ2) is 6.68. The molecule has 23 heavy (non-hydrogen) atoms. The summed E-state index contributed by atoms with van der Waals surface area (Å²) < 4.78 is 27.2. The lowest BCUT2D eigenvalue weighted by molar-refractivity contribution is 0.173. The second-order valence-corrected chi connectivity index (χ2v) is 8.70. The number of fused-ring (bicyclic) bond motifs is 1. The van der Waals surface area contributed by atoms with Gasteiger partial charge in [-0.15, -0.1) is 11.3 Å². The van der Waals surface area contributed by atoms with E-state index in [9.17, 15) is 8.42 Å². The summed E-state index contributed by atoms with van der Waals surface area (Å²) in [4.78, 5) is 12.2. The molecule has 2 aromatic heterocycles. The van der Waals surface area contributed by atoms with Gasteiger partial charge in [0.15, 0.2) is 0 Å². The van der Waals surface area contributed by atoms with Crippen molar-refractivity contribution in [1.29, 1.82) is 0 Å². The van der Waals surface area contributed by atoms with Crippen LogP contribution in [-0.2, 0) is 23.1 Å². The van der Waals surface area contributed by atoms with Gasteiger partial charge >= 0.3 is 0 Å². The van der Waals surface area contributed by atoms with Crippen LogP contribution in [0, 0.1) is 6.92 Å². The van der Waals surface area contributed by atoms with E-state index < -0.39 is 10.0 Å². The van der Waals surface area contributed by atoms with Gasteiger partial charge in [-0.05, 0) is 13.3 Å². The first kappa shape index (κ1) is 16.6. The minimum absolute atomic E-state index is 0.226. The third-order valence-electron chi connectivity index (χ3n) is 4.05. The van der Waals surface area contributed by atoms with E-state index in [-0.39, 0.29) is 6.04 Å². The zero-order chi connectivity index (χ0) is 16.4. The van der Waals surface area contributed by atoms with Crippen molar-refractivity contribution >= 4 is 21.4 Å². The number of aryl methyl sites for hydroxylation is 1. The van der Waals surface area contributed by atoms with E-state index >= 15 is 0 Å². The summed E-state index contributed by atoms with van der Waals surface area (Å²) >= 11 is 1.68. The third kappa shape index (κ3) is 4.17. The van der Waals surface area contributed by atoms with Crippen LogP contribution in [0.3, 0.4) is 0 Å². The number of hydrogen-bond acceptors (Lipinski definition) is 6. The Balaban J connectivity index is 1.68. The fourth-order valence-corrected chi connectivity index (χ4v) is 4.21. The normalized spacial score (nSPS) is 19.0. The first-order valence-corrected chi connectivity index (χ1v) is 10.3. The fourth-order valence-electron chi connectivity index (χ4n) is 2.91. The average molecular weight is 355 g/mol. The Kier molecular flexibility index (Phi) is 4.81. The van der Waals surface area contributed by atoms with Crippen molar-refractivity contribution < 1.29 is 8.42 Å². The lowest BCUT2D eigenvalue weighted by Crippen LogP contribution is -2.38. The quantitative estimate of drug-likeness (QED) is 0.841. The van der Waals surface area contributed by atoms with Gasteiger partial charge in [-0.25, -0.2) is 23.1 Å².